The highest BCUT2D eigenvalue weighted by molar-refractivity contribution is 9.10. The van der Waals surface area contributed by atoms with Crippen LogP contribution in [-0.4, -0.2) is 10.2 Å². The normalized spacial score (nSPS) is 10.8. The molecule has 0 radical (unpaired) electrons. The van der Waals surface area contributed by atoms with Gasteiger partial charge in [0.15, 0.2) is 0 Å². The molecule has 2 N–H and O–H groups in total. The molecule has 0 unspecified atom stereocenters. The summed E-state index contributed by atoms with van der Waals surface area (Å²) in [6, 6.07) is 12.7. The second-order valence-corrected chi connectivity index (χ2v) is 6.41. The SMILES string of the molecule is Brc1csc(CNCc2ccc(-c3ccn[nH]3)cc2)c1. The molecule has 0 aliphatic carbocycles. The second-order valence-electron chi connectivity index (χ2n) is 4.50. The monoisotopic (exact) mass is 347 g/mol. The van der Waals surface area contributed by atoms with Crippen LogP contribution in [0.4, 0.5) is 0 Å². The fourth-order valence-corrected chi connectivity index (χ4v) is 3.42. The van der Waals surface area contributed by atoms with E-state index in [2.05, 4.69) is 67.2 Å². The number of hydrogen-bond acceptors (Lipinski definition) is 3. The minimum absolute atomic E-state index is 0.874. The van der Waals surface area contributed by atoms with Crippen LogP contribution in [0.25, 0.3) is 11.3 Å². The largest absolute Gasteiger partial charge is 0.308 e. The minimum Gasteiger partial charge on any atom is -0.308 e. The van der Waals surface area contributed by atoms with Crippen molar-refractivity contribution in [2.75, 3.05) is 0 Å². The third-order valence-corrected chi connectivity index (χ3v) is 4.71. The van der Waals surface area contributed by atoms with Crippen molar-refractivity contribution in [1.82, 2.24) is 15.5 Å². The first kappa shape index (κ1) is 13.5. The highest BCUT2D eigenvalue weighted by Crippen LogP contribution is 2.20. The lowest BCUT2D eigenvalue weighted by molar-refractivity contribution is 0.701. The molecule has 2 heterocycles. The summed E-state index contributed by atoms with van der Waals surface area (Å²) in [5.41, 5.74) is 3.49. The smallest absolute Gasteiger partial charge is 0.0650 e. The molecule has 0 aliphatic heterocycles. The second kappa shape index (κ2) is 6.35. The van der Waals surface area contributed by atoms with Gasteiger partial charge in [-0.2, -0.15) is 5.10 Å². The number of nitrogens with one attached hydrogen (secondary N) is 2. The van der Waals surface area contributed by atoms with Crippen molar-refractivity contribution in [1.29, 1.82) is 0 Å². The van der Waals surface area contributed by atoms with E-state index in [1.807, 2.05) is 6.07 Å². The summed E-state index contributed by atoms with van der Waals surface area (Å²) in [5, 5.41) is 12.5. The Kier molecular flexibility index (Phi) is 4.30. The Morgan fingerprint density at radius 2 is 2.00 bits per heavy atom. The standard InChI is InChI=1S/C15H14BrN3S/c16-13-7-14(20-10-13)9-17-8-11-1-3-12(4-2-11)15-5-6-18-19-15/h1-7,10,17H,8-9H2,(H,18,19). The van der Waals surface area contributed by atoms with Gasteiger partial charge in [0.2, 0.25) is 0 Å². The van der Waals surface area contributed by atoms with Crippen molar-refractivity contribution in [2.24, 2.45) is 0 Å². The number of rotatable bonds is 5. The Morgan fingerprint density at radius 1 is 1.15 bits per heavy atom. The minimum atomic E-state index is 0.874. The Hall–Kier alpha value is -1.43. The molecule has 0 saturated carbocycles. The van der Waals surface area contributed by atoms with Crippen molar-refractivity contribution in [2.45, 2.75) is 13.1 Å². The third-order valence-electron chi connectivity index (χ3n) is 3.02. The van der Waals surface area contributed by atoms with Crippen molar-refractivity contribution >= 4 is 27.3 Å². The molecule has 0 saturated heterocycles. The predicted octanol–water partition coefficient (Wildman–Crippen LogP) is 4.19. The first-order chi connectivity index (χ1) is 9.81. The average molecular weight is 348 g/mol. The van der Waals surface area contributed by atoms with Crippen LogP contribution in [0.1, 0.15) is 10.4 Å². The predicted molar refractivity (Wildman–Crippen MR) is 86.6 cm³/mol. The van der Waals surface area contributed by atoms with Gasteiger partial charge in [0, 0.05) is 34.0 Å². The van der Waals surface area contributed by atoms with Gasteiger partial charge in [0.1, 0.15) is 0 Å². The highest BCUT2D eigenvalue weighted by Gasteiger charge is 2.00. The van der Waals surface area contributed by atoms with E-state index < -0.39 is 0 Å². The number of benzene rings is 1. The molecule has 3 rings (SSSR count). The van der Waals surface area contributed by atoms with Crippen LogP contribution >= 0.6 is 27.3 Å². The Morgan fingerprint density at radius 3 is 2.65 bits per heavy atom. The van der Waals surface area contributed by atoms with E-state index in [1.165, 1.54) is 10.4 Å². The summed E-state index contributed by atoms with van der Waals surface area (Å²) in [6.07, 6.45) is 1.77. The van der Waals surface area contributed by atoms with E-state index in [0.717, 1.165) is 28.8 Å². The molecule has 3 aromatic rings. The Labute approximate surface area is 130 Å². The van der Waals surface area contributed by atoms with Gasteiger partial charge in [0.05, 0.1) is 5.69 Å². The zero-order valence-electron chi connectivity index (χ0n) is 10.8. The molecule has 102 valence electrons. The van der Waals surface area contributed by atoms with E-state index in [9.17, 15) is 0 Å². The maximum absolute atomic E-state index is 3.97. The zero-order valence-corrected chi connectivity index (χ0v) is 13.2. The van der Waals surface area contributed by atoms with Gasteiger partial charge in [-0.05, 0) is 39.2 Å². The fourth-order valence-electron chi connectivity index (χ4n) is 2.00. The molecule has 20 heavy (non-hydrogen) atoms. The lowest BCUT2D eigenvalue weighted by Gasteiger charge is -2.04. The Balaban J connectivity index is 1.56. The van der Waals surface area contributed by atoms with Crippen LogP contribution in [-0.2, 0) is 13.1 Å². The molecular formula is C15H14BrN3S. The fraction of sp³-hybridized carbons (Fsp3) is 0.133. The molecule has 0 aliphatic rings. The lowest BCUT2D eigenvalue weighted by atomic mass is 10.1. The molecule has 0 fully saturated rings. The summed E-state index contributed by atoms with van der Waals surface area (Å²) in [6.45, 7) is 1.78. The van der Waals surface area contributed by atoms with Gasteiger partial charge in [-0.25, -0.2) is 0 Å². The van der Waals surface area contributed by atoms with Gasteiger partial charge in [-0.3, -0.25) is 5.10 Å². The summed E-state index contributed by atoms with van der Waals surface area (Å²) >= 11 is 5.24. The lowest BCUT2D eigenvalue weighted by Crippen LogP contribution is -2.11. The number of aromatic nitrogens is 2. The first-order valence-electron chi connectivity index (χ1n) is 6.33. The summed E-state index contributed by atoms with van der Waals surface area (Å²) < 4.78 is 1.16. The molecule has 0 atom stereocenters. The van der Waals surface area contributed by atoms with Gasteiger partial charge in [0.25, 0.3) is 0 Å². The number of H-pyrrole nitrogens is 1. The van der Waals surface area contributed by atoms with Gasteiger partial charge >= 0.3 is 0 Å². The molecular weight excluding hydrogens is 334 g/mol. The van der Waals surface area contributed by atoms with Crippen molar-refractivity contribution in [3.05, 3.63) is 62.9 Å². The Bertz CT molecular complexity index is 659. The molecule has 0 spiro atoms. The van der Waals surface area contributed by atoms with Crippen molar-refractivity contribution in [3.63, 3.8) is 0 Å². The number of halogens is 1. The maximum atomic E-state index is 3.97. The van der Waals surface area contributed by atoms with E-state index in [4.69, 9.17) is 0 Å². The van der Waals surface area contributed by atoms with Gasteiger partial charge in [-0.15, -0.1) is 11.3 Å². The molecule has 3 nitrogen and oxygen atoms in total. The average Bonchev–Trinajstić information content (AvgIpc) is 3.11. The number of nitrogens with zero attached hydrogens (tertiary/aromatic N) is 1. The van der Waals surface area contributed by atoms with Crippen molar-refractivity contribution < 1.29 is 0 Å². The van der Waals surface area contributed by atoms with Crippen LogP contribution in [0.15, 0.2) is 52.4 Å². The third kappa shape index (κ3) is 3.36. The molecule has 2 aromatic heterocycles. The zero-order chi connectivity index (χ0) is 13.8. The van der Waals surface area contributed by atoms with E-state index in [-0.39, 0.29) is 0 Å². The van der Waals surface area contributed by atoms with E-state index in [0.29, 0.717) is 0 Å². The van der Waals surface area contributed by atoms with Crippen LogP contribution in [0, 0.1) is 0 Å². The number of thiophene rings is 1. The maximum Gasteiger partial charge on any atom is 0.0650 e. The van der Waals surface area contributed by atoms with Crippen LogP contribution in [0.3, 0.4) is 0 Å². The van der Waals surface area contributed by atoms with Crippen molar-refractivity contribution in [3.8, 4) is 11.3 Å². The van der Waals surface area contributed by atoms with Gasteiger partial charge < -0.3 is 5.32 Å². The van der Waals surface area contributed by atoms with Gasteiger partial charge in [-0.1, -0.05) is 24.3 Å². The summed E-state index contributed by atoms with van der Waals surface area (Å²) in [4.78, 5) is 1.34. The van der Waals surface area contributed by atoms with E-state index in [1.54, 1.807) is 17.5 Å². The first-order valence-corrected chi connectivity index (χ1v) is 8.01. The molecule has 0 bridgehead atoms. The highest BCUT2D eigenvalue weighted by atomic mass is 79.9. The van der Waals surface area contributed by atoms with Crippen LogP contribution < -0.4 is 5.32 Å². The molecule has 1 aromatic carbocycles. The van der Waals surface area contributed by atoms with Crippen LogP contribution in [0.5, 0.6) is 0 Å². The molecule has 5 heteroatoms. The number of hydrogen-bond donors (Lipinski definition) is 2. The van der Waals surface area contributed by atoms with Crippen LogP contribution in [0.2, 0.25) is 0 Å². The quantitative estimate of drug-likeness (QED) is 0.726. The number of aromatic amines is 1. The molecule has 0 amide bonds. The summed E-state index contributed by atoms with van der Waals surface area (Å²) in [7, 11) is 0. The summed E-state index contributed by atoms with van der Waals surface area (Å²) in [5.74, 6) is 0. The topological polar surface area (TPSA) is 40.7 Å². The van der Waals surface area contributed by atoms with E-state index >= 15 is 0 Å².